The third-order valence-electron chi connectivity index (χ3n) is 2.60. The lowest BCUT2D eigenvalue weighted by Crippen LogP contribution is -2.41. The van der Waals surface area contributed by atoms with E-state index < -0.39 is 0 Å². The summed E-state index contributed by atoms with van der Waals surface area (Å²) < 4.78 is 11.3. The van der Waals surface area contributed by atoms with Crippen molar-refractivity contribution in [3.05, 3.63) is 36.9 Å². The molecule has 0 saturated carbocycles. The molecule has 1 unspecified atom stereocenters. The largest absolute Gasteiger partial charge is 0.486 e. The number of fused-ring (bicyclic) bond motifs is 1. The molecule has 2 rings (SSSR count). The van der Waals surface area contributed by atoms with Gasteiger partial charge in [-0.1, -0.05) is 18.7 Å². The molecule has 1 atom stereocenters. The molecular weight excluding hydrogens is 218 g/mol. The Hall–Kier alpha value is -1.97. The fraction of sp³-hybridized carbons (Fsp3) is 0.308. The molecule has 0 saturated heterocycles. The normalized spacial score (nSPS) is 17.4. The van der Waals surface area contributed by atoms with Gasteiger partial charge in [0.05, 0.1) is 6.54 Å². The van der Waals surface area contributed by atoms with Crippen LogP contribution in [0.5, 0.6) is 11.5 Å². The lowest BCUT2D eigenvalue weighted by molar-refractivity contribution is -0.126. The van der Waals surface area contributed by atoms with E-state index in [2.05, 4.69) is 6.58 Å². The van der Waals surface area contributed by atoms with E-state index in [1.165, 1.54) is 6.08 Å². The van der Waals surface area contributed by atoms with Gasteiger partial charge in [0.15, 0.2) is 17.6 Å². The average Bonchev–Trinajstić information content (AvgIpc) is 2.37. The van der Waals surface area contributed by atoms with Gasteiger partial charge in [0.2, 0.25) is 5.91 Å². The molecule has 0 radical (unpaired) electrons. The topological polar surface area (TPSA) is 38.8 Å². The fourth-order valence-electron chi connectivity index (χ4n) is 1.70. The standard InChI is InChI=1S/C13H15NO3/c1-3-13(15)14(2)8-10-9-16-11-6-4-5-7-12(11)17-10/h3-7,10H,1,8-9H2,2H3. The van der Waals surface area contributed by atoms with Gasteiger partial charge in [-0.15, -0.1) is 0 Å². The summed E-state index contributed by atoms with van der Waals surface area (Å²) in [5, 5.41) is 0. The van der Waals surface area contributed by atoms with Crippen molar-refractivity contribution in [3.63, 3.8) is 0 Å². The van der Waals surface area contributed by atoms with Crippen LogP contribution in [0, 0.1) is 0 Å². The number of benzene rings is 1. The summed E-state index contributed by atoms with van der Waals surface area (Å²) in [6.45, 7) is 4.38. The van der Waals surface area contributed by atoms with Crippen LogP contribution in [0.2, 0.25) is 0 Å². The zero-order valence-electron chi connectivity index (χ0n) is 9.76. The molecule has 1 aromatic carbocycles. The molecule has 0 aromatic heterocycles. The van der Waals surface area contributed by atoms with Gasteiger partial charge in [0.1, 0.15) is 6.61 Å². The zero-order chi connectivity index (χ0) is 12.3. The van der Waals surface area contributed by atoms with Gasteiger partial charge in [-0.2, -0.15) is 0 Å². The molecule has 0 bridgehead atoms. The highest BCUT2D eigenvalue weighted by Gasteiger charge is 2.22. The highest BCUT2D eigenvalue weighted by atomic mass is 16.6. The maximum Gasteiger partial charge on any atom is 0.245 e. The van der Waals surface area contributed by atoms with Crippen molar-refractivity contribution >= 4 is 5.91 Å². The van der Waals surface area contributed by atoms with E-state index in [-0.39, 0.29) is 12.0 Å². The minimum Gasteiger partial charge on any atom is -0.486 e. The van der Waals surface area contributed by atoms with E-state index in [0.29, 0.717) is 13.2 Å². The Bertz CT molecular complexity index is 430. The number of amides is 1. The molecule has 17 heavy (non-hydrogen) atoms. The summed E-state index contributed by atoms with van der Waals surface area (Å²) in [4.78, 5) is 12.9. The van der Waals surface area contributed by atoms with Crippen molar-refractivity contribution in [1.82, 2.24) is 4.90 Å². The minimum atomic E-state index is -0.140. The first-order chi connectivity index (χ1) is 8.20. The van der Waals surface area contributed by atoms with Crippen molar-refractivity contribution in [2.75, 3.05) is 20.2 Å². The highest BCUT2D eigenvalue weighted by molar-refractivity contribution is 5.86. The van der Waals surface area contributed by atoms with Gasteiger partial charge < -0.3 is 14.4 Å². The van der Waals surface area contributed by atoms with Crippen molar-refractivity contribution in [3.8, 4) is 11.5 Å². The maximum absolute atomic E-state index is 11.3. The molecule has 4 heteroatoms. The summed E-state index contributed by atoms with van der Waals surface area (Å²) in [5.74, 6) is 1.36. The van der Waals surface area contributed by atoms with E-state index in [9.17, 15) is 4.79 Å². The van der Waals surface area contributed by atoms with Crippen molar-refractivity contribution < 1.29 is 14.3 Å². The Kier molecular flexibility index (Phi) is 3.32. The maximum atomic E-state index is 11.3. The number of hydrogen-bond acceptors (Lipinski definition) is 3. The number of carbonyl (C=O) groups is 1. The average molecular weight is 233 g/mol. The minimum absolute atomic E-state index is 0.118. The fourth-order valence-corrected chi connectivity index (χ4v) is 1.70. The molecule has 1 aliphatic heterocycles. The van der Waals surface area contributed by atoms with E-state index in [1.807, 2.05) is 24.3 Å². The Morgan fingerprint density at radius 2 is 2.24 bits per heavy atom. The molecule has 4 nitrogen and oxygen atoms in total. The van der Waals surface area contributed by atoms with Crippen LogP contribution < -0.4 is 9.47 Å². The van der Waals surface area contributed by atoms with Crippen LogP contribution in [0.4, 0.5) is 0 Å². The van der Waals surface area contributed by atoms with Crippen molar-refractivity contribution in [1.29, 1.82) is 0 Å². The first kappa shape index (κ1) is 11.5. The van der Waals surface area contributed by atoms with Crippen LogP contribution in [-0.2, 0) is 4.79 Å². The lowest BCUT2D eigenvalue weighted by atomic mass is 10.2. The van der Waals surface area contributed by atoms with Crippen LogP contribution in [0.25, 0.3) is 0 Å². The highest BCUT2D eigenvalue weighted by Crippen LogP contribution is 2.30. The number of ether oxygens (including phenoxy) is 2. The molecule has 1 heterocycles. The van der Waals surface area contributed by atoms with Crippen LogP contribution in [0.3, 0.4) is 0 Å². The lowest BCUT2D eigenvalue weighted by Gasteiger charge is -2.29. The van der Waals surface area contributed by atoms with Gasteiger partial charge in [-0.05, 0) is 18.2 Å². The van der Waals surface area contributed by atoms with Gasteiger partial charge >= 0.3 is 0 Å². The summed E-state index contributed by atoms with van der Waals surface area (Å²) in [5.41, 5.74) is 0. The van der Waals surface area contributed by atoms with Crippen LogP contribution >= 0.6 is 0 Å². The smallest absolute Gasteiger partial charge is 0.245 e. The van der Waals surface area contributed by atoms with Crippen LogP contribution in [-0.4, -0.2) is 37.1 Å². The van der Waals surface area contributed by atoms with Crippen molar-refractivity contribution in [2.45, 2.75) is 6.10 Å². The Labute approximate surface area is 100 Å². The first-order valence-corrected chi connectivity index (χ1v) is 5.46. The molecule has 1 aromatic rings. The Morgan fingerprint density at radius 1 is 1.53 bits per heavy atom. The van der Waals surface area contributed by atoms with Crippen molar-refractivity contribution in [2.24, 2.45) is 0 Å². The predicted octanol–water partition coefficient (Wildman–Crippen LogP) is 1.47. The van der Waals surface area contributed by atoms with E-state index >= 15 is 0 Å². The molecule has 1 aliphatic rings. The zero-order valence-corrected chi connectivity index (χ0v) is 9.76. The third kappa shape index (κ3) is 2.58. The number of likely N-dealkylation sites (N-methyl/N-ethyl adjacent to an activating group) is 1. The van der Waals surface area contributed by atoms with Crippen LogP contribution in [0.1, 0.15) is 0 Å². The van der Waals surface area contributed by atoms with E-state index in [4.69, 9.17) is 9.47 Å². The molecule has 90 valence electrons. The predicted molar refractivity (Wildman–Crippen MR) is 64.2 cm³/mol. The number of rotatable bonds is 3. The van der Waals surface area contributed by atoms with Gasteiger partial charge in [-0.3, -0.25) is 4.79 Å². The number of para-hydroxylation sites is 2. The first-order valence-electron chi connectivity index (χ1n) is 5.46. The summed E-state index contributed by atoms with van der Waals surface area (Å²) >= 11 is 0. The second-order valence-electron chi connectivity index (χ2n) is 3.92. The number of hydrogen-bond donors (Lipinski definition) is 0. The molecular formula is C13H15NO3. The number of carbonyl (C=O) groups excluding carboxylic acids is 1. The van der Waals surface area contributed by atoms with E-state index in [0.717, 1.165) is 11.5 Å². The monoisotopic (exact) mass is 233 g/mol. The van der Waals surface area contributed by atoms with Gasteiger partial charge in [0, 0.05) is 7.05 Å². The molecule has 0 aliphatic carbocycles. The molecule has 0 N–H and O–H groups in total. The Morgan fingerprint density at radius 3 is 2.94 bits per heavy atom. The quantitative estimate of drug-likeness (QED) is 0.742. The van der Waals surface area contributed by atoms with Gasteiger partial charge in [-0.25, -0.2) is 0 Å². The van der Waals surface area contributed by atoms with Crippen LogP contribution in [0.15, 0.2) is 36.9 Å². The molecule has 0 spiro atoms. The summed E-state index contributed by atoms with van der Waals surface area (Å²) in [7, 11) is 1.72. The second kappa shape index (κ2) is 4.91. The second-order valence-corrected chi connectivity index (χ2v) is 3.92. The summed E-state index contributed by atoms with van der Waals surface area (Å²) in [6.07, 6.45) is 1.15. The molecule has 1 amide bonds. The molecule has 0 fully saturated rings. The third-order valence-corrected chi connectivity index (χ3v) is 2.60. The SMILES string of the molecule is C=CC(=O)N(C)CC1COc2ccccc2O1. The van der Waals surface area contributed by atoms with Gasteiger partial charge in [0.25, 0.3) is 0 Å². The number of nitrogens with zero attached hydrogens (tertiary/aromatic N) is 1. The summed E-state index contributed by atoms with van der Waals surface area (Å²) in [6, 6.07) is 7.51. The van der Waals surface area contributed by atoms with E-state index in [1.54, 1.807) is 11.9 Å². The Balaban J connectivity index is 1.98.